The first-order chi connectivity index (χ1) is 29.9. The van der Waals surface area contributed by atoms with Crippen LogP contribution in [0.5, 0.6) is 11.5 Å². The number of unbranched alkanes of at least 4 members (excludes halogenated alkanes) is 18. The third kappa shape index (κ3) is 35.9. The van der Waals surface area contributed by atoms with E-state index in [0.717, 1.165) is 106 Å². The summed E-state index contributed by atoms with van der Waals surface area (Å²) in [6.07, 6.45) is 48.3. The highest BCUT2D eigenvalue weighted by molar-refractivity contribution is 5.69. The van der Waals surface area contributed by atoms with Crippen molar-refractivity contribution in [1.82, 2.24) is 4.90 Å². The van der Waals surface area contributed by atoms with Crippen LogP contribution in [0.2, 0.25) is 0 Å². The molecule has 0 saturated heterocycles. The lowest BCUT2D eigenvalue weighted by Crippen LogP contribution is -2.12. The van der Waals surface area contributed by atoms with Gasteiger partial charge in [0.2, 0.25) is 0 Å². The first-order valence-electron chi connectivity index (χ1n) is 24.8. The van der Waals surface area contributed by atoms with E-state index in [0.29, 0.717) is 39.3 Å². The van der Waals surface area contributed by atoms with Crippen molar-refractivity contribution in [3.05, 3.63) is 71.9 Å². The van der Waals surface area contributed by atoms with Gasteiger partial charge < -0.3 is 23.8 Å². The van der Waals surface area contributed by atoms with Crippen LogP contribution in [0.15, 0.2) is 60.7 Å². The van der Waals surface area contributed by atoms with Gasteiger partial charge in [0, 0.05) is 24.9 Å². The molecule has 1 rings (SSSR count). The van der Waals surface area contributed by atoms with E-state index in [-0.39, 0.29) is 11.9 Å². The molecule has 0 atom stereocenters. The Morgan fingerprint density at radius 3 is 1.23 bits per heavy atom. The third-order valence-electron chi connectivity index (χ3n) is 10.7. The van der Waals surface area contributed by atoms with Crippen molar-refractivity contribution in [2.45, 2.75) is 207 Å². The van der Waals surface area contributed by atoms with E-state index < -0.39 is 0 Å². The van der Waals surface area contributed by atoms with Crippen LogP contribution in [-0.2, 0) is 25.6 Å². The standard InChI is InChI=1S/C54H91NO6/c1-6-8-10-12-14-16-18-20-22-24-26-28-30-32-34-40-53(56)60-44-38-36-42-58-51-46-50(48-55(4)5)47-52(49(51)3)59-43-37-39-45-61-54(57)41-35-33-31-29-27-25-23-21-19-17-15-13-11-9-7-2/h14-17,20-23,46-47H,6-13,18-19,24-45,48H2,1-5H3/b16-14-,17-15-,22-20+,23-21+. The van der Waals surface area contributed by atoms with E-state index in [1.807, 2.05) is 6.92 Å². The zero-order chi connectivity index (χ0) is 44.3. The predicted octanol–water partition coefficient (Wildman–Crippen LogP) is 15.1. The SMILES string of the molecule is CCCCC/C=C\C/C=C/CCCCCCCC(=O)OCCCCOc1cc(CN(C)C)cc(OCCCCOC(=O)CCCCCCC/C=C/C/C=C\CCCCC)c1C. The number of carbonyl (C=O) groups excluding carboxylic acids is 2. The highest BCUT2D eigenvalue weighted by atomic mass is 16.5. The maximum absolute atomic E-state index is 12.2. The van der Waals surface area contributed by atoms with Gasteiger partial charge in [0.25, 0.3) is 0 Å². The van der Waals surface area contributed by atoms with Crippen LogP contribution in [0.1, 0.15) is 205 Å². The maximum atomic E-state index is 12.2. The fourth-order valence-corrected chi connectivity index (χ4v) is 6.92. The highest BCUT2D eigenvalue weighted by Gasteiger charge is 2.12. The molecule has 1 aromatic carbocycles. The Labute approximate surface area is 375 Å². The molecular formula is C54H91NO6. The van der Waals surface area contributed by atoms with Crippen molar-refractivity contribution >= 4 is 11.9 Å². The lowest BCUT2D eigenvalue weighted by molar-refractivity contribution is -0.144. The fourth-order valence-electron chi connectivity index (χ4n) is 6.92. The van der Waals surface area contributed by atoms with E-state index in [1.165, 1.54) is 89.9 Å². The zero-order valence-electron chi connectivity index (χ0n) is 40.0. The second-order valence-electron chi connectivity index (χ2n) is 17.0. The van der Waals surface area contributed by atoms with Gasteiger partial charge in [0.05, 0.1) is 26.4 Å². The molecule has 0 radical (unpaired) electrons. The van der Waals surface area contributed by atoms with Gasteiger partial charge in [0.15, 0.2) is 0 Å². The van der Waals surface area contributed by atoms with Gasteiger partial charge >= 0.3 is 11.9 Å². The van der Waals surface area contributed by atoms with Gasteiger partial charge in [0.1, 0.15) is 11.5 Å². The molecule has 0 heterocycles. The van der Waals surface area contributed by atoms with Gasteiger partial charge in [-0.25, -0.2) is 0 Å². The summed E-state index contributed by atoms with van der Waals surface area (Å²) in [4.78, 5) is 26.6. The Bertz CT molecular complexity index is 1220. The summed E-state index contributed by atoms with van der Waals surface area (Å²) >= 11 is 0. The molecule has 0 aromatic heterocycles. The summed E-state index contributed by atoms with van der Waals surface area (Å²) in [5, 5.41) is 0. The molecule has 0 N–H and O–H groups in total. The van der Waals surface area contributed by atoms with Crippen LogP contribution in [-0.4, -0.2) is 57.4 Å². The topological polar surface area (TPSA) is 74.3 Å². The maximum Gasteiger partial charge on any atom is 0.305 e. The highest BCUT2D eigenvalue weighted by Crippen LogP contribution is 2.31. The number of hydrogen-bond acceptors (Lipinski definition) is 7. The van der Waals surface area contributed by atoms with Crippen molar-refractivity contribution in [3.63, 3.8) is 0 Å². The lowest BCUT2D eigenvalue weighted by atomic mass is 10.1. The summed E-state index contributed by atoms with van der Waals surface area (Å²) in [6, 6.07) is 4.20. The molecule has 0 fully saturated rings. The van der Waals surface area contributed by atoms with Crippen LogP contribution in [0.3, 0.4) is 0 Å². The van der Waals surface area contributed by atoms with Gasteiger partial charge in [-0.1, -0.05) is 127 Å². The minimum atomic E-state index is -0.0915. The average molecular weight is 850 g/mol. The van der Waals surface area contributed by atoms with Gasteiger partial charge in [-0.3, -0.25) is 9.59 Å². The molecule has 7 nitrogen and oxygen atoms in total. The quantitative estimate of drug-likeness (QED) is 0.0368. The molecule has 0 unspecified atom stereocenters. The molecule has 1 aromatic rings. The van der Waals surface area contributed by atoms with Crippen LogP contribution in [0.25, 0.3) is 0 Å². The molecular weight excluding hydrogens is 759 g/mol. The van der Waals surface area contributed by atoms with Crippen LogP contribution < -0.4 is 9.47 Å². The van der Waals surface area contributed by atoms with E-state index in [9.17, 15) is 9.59 Å². The van der Waals surface area contributed by atoms with Crippen molar-refractivity contribution in [2.75, 3.05) is 40.5 Å². The number of carbonyl (C=O) groups is 2. The van der Waals surface area contributed by atoms with Crippen molar-refractivity contribution in [1.29, 1.82) is 0 Å². The molecule has 0 aliphatic carbocycles. The van der Waals surface area contributed by atoms with E-state index in [4.69, 9.17) is 18.9 Å². The first-order valence-corrected chi connectivity index (χ1v) is 24.8. The number of nitrogens with zero attached hydrogens (tertiary/aromatic N) is 1. The molecule has 61 heavy (non-hydrogen) atoms. The molecule has 0 aliphatic rings. The number of benzene rings is 1. The third-order valence-corrected chi connectivity index (χ3v) is 10.7. The minimum Gasteiger partial charge on any atom is -0.493 e. The molecule has 0 saturated carbocycles. The Hall–Kier alpha value is -3.32. The largest absolute Gasteiger partial charge is 0.493 e. The lowest BCUT2D eigenvalue weighted by Gasteiger charge is -2.18. The van der Waals surface area contributed by atoms with Gasteiger partial charge in [-0.2, -0.15) is 0 Å². The van der Waals surface area contributed by atoms with Crippen LogP contribution in [0, 0.1) is 6.92 Å². The molecule has 0 spiro atoms. The van der Waals surface area contributed by atoms with Gasteiger partial charge in [-0.15, -0.1) is 0 Å². The number of ether oxygens (including phenoxy) is 4. The second kappa shape index (κ2) is 42.0. The molecule has 0 aliphatic heterocycles. The summed E-state index contributed by atoms with van der Waals surface area (Å²) in [7, 11) is 4.10. The van der Waals surface area contributed by atoms with Crippen molar-refractivity contribution in [3.8, 4) is 11.5 Å². The average Bonchev–Trinajstić information content (AvgIpc) is 3.24. The molecule has 348 valence electrons. The van der Waals surface area contributed by atoms with E-state index >= 15 is 0 Å². The summed E-state index contributed by atoms with van der Waals surface area (Å²) in [5.74, 6) is 1.47. The van der Waals surface area contributed by atoms with E-state index in [2.05, 4.69) is 93.6 Å². The Kier molecular flexibility index (Phi) is 38.4. The predicted molar refractivity (Wildman–Crippen MR) is 259 cm³/mol. The Balaban J connectivity index is 2.16. The van der Waals surface area contributed by atoms with Crippen LogP contribution >= 0.6 is 0 Å². The number of hydrogen-bond donors (Lipinski definition) is 0. The second-order valence-corrected chi connectivity index (χ2v) is 17.0. The van der Waals surface area contributed by atoms with E-state index in [1.54, 1.807) is 0 Å². The molecule has 0 bridgehead atoms. The normalized spacial score (nSPS) is 11.9. The van der Waals surface area contributed by atoms with Crippen molar-refractivity contribution < 1.29 is 28.5 Å². The zero-order valence-corrected chi connectivity index (χ0v) is 40.0. The molecule has 0 amide bonds. The van der Waals surface area contributed by atoms with Crippen LogP contribution in [0.4, 0.5) is 0 Å². The first kappa shape index (κ1) is 55.7. The Morgan fingerprint density at radius 1 is 0.475 bits per heavy atom. The summed E-state index contributed by atoms with van der Waals surface area (Å²) in [6.45, 7) is 9.27. The summed E-state index contributed by atoms with van der Waals surface area (Å²) < 4.78 is 23.4. The fraction of sp³-hybridized carbons (Fsp3) is 0.704. The minimum absolute atomic E-state index is 0.0915. The van der Waals surface area contributed by atoms with Gasteiger partial charge in [-0.05, 0) is 141 Å². The number of esters is 2. The van der Waals surface area contributed by atoms with Crippen molar-refractivity contribution in [2.24, 2.45) is 0 Å². The number of allylic oxidation sites excluding steroid dienone is 8. The number of rotatable bonds is 42. The molecule has 7 heteroatoms. The smallest absolute Gasteiger partial charge is 0.305 e. The monoisotopic (exact) mass is 850 g/mol. The summed E-state index contributed by atoms with van der Waals surface area (Å²) in [5.41, 5.74) is 2.11. The Morgan fingerprint density at radius 2 is 0.836 bits per heavy atom.